The molecule has 0 aliphatic carbocycles. The van der Waals surface area contributed by atoms with Crippen LogP contribution < -0.4 is 14.8 Å². The molecule has 1 amide bonds. The third kappa shape index (κ3) is 3.26. The number of hydrogen-bond acceptors (Lipinski definition) is 4. The maximum Gasteiger partial charge on any atom is 0.255 e. The Morgan fingerprint density at radius 1 is 1.00 bits per heavy atom. The van der Waals surface area contributed by atoms with E-state index in [1.165, 1.54) is 0 Å². The number of carbonyl (C=O) groups is 1. The number of para-hydroxylation sites is 2. The third-order valence-electron chi connectivity index (χ3n) is 4.13. The molecule has 4 rings (SSSR count). The number of carbonyl (C=O) groups excluding carboxylic acids is 1. The predicted octanol–water partition coefficient (Wildman–Crippen LogP) is 2.98. The normalized spacial score (nSPS) is 12.8. The average Bonchev–Trinajstić information content (AvgIpc) is 2.67. The molecule has 2 heterocycles. The number of hydrogen-bond donors (Lipinski definition) is 1. The van der Waals surface area contributed by atoms with Crippen molar-refractivity contribution in [3.63, 3.8) is 0 Å². The van der Waals surface area contributed by atoms with E-state index in [1.807, 2.05) is 36.4 Å². The Labute approximate surface area is 145 Å². The molecular formula is C20H18N2O3. The highest BCUT2D eigenvalue weighted by Gasteiger charge is 2.19. The van der Waals surface area contributed by atoms with Crippen LogP contribution in [0.1, 0.15) is 16.1 Å². The second-order valence-corrected chi connectivity index (χ2v) is 5.83. The van der Waals surface area contributed by atoms with Gasteiger partial charge in [-0.05, 0) is 24.3 Å². The molecule has 3 aromatic rings. The fourth-order valence-electron chi connectivity index (χ4n) is 2.90. The number of ether oxygens (including phenoxy) is 2. The number of fused-ring (bicyclic) bond motifs is 2. The van der Waals surface area contributed by atoms with Crippen molar-refractivity contribution in [2.45, 2.75) is 6.42 Å². The molecule has 5 nitrogen and oxygen atoms in total. The standard InChI is InChI=1S/C20H18N2O3/c23-20(16-5-3-7-18-19(16)25-13-12-24-18)21-11-10-15-9-8-14-4-1-2-6-17(14)22-15/h1-9H,10-13H2,(H,21,23). The molecule has 0 bridgehead atoms. The summed E-state index contributed by atoms with van der Waals surface area (Å²) in [7, 11) is 0. The molecule has 0 saturated heterocycles. The lowest BCUT2D eigenvalue weighted by Gasteiger charge is -2.20. The van der Waals surface area contributed by atoms with Gasteiger partial charge in [0.05, 0.1) is 11.1 Å². The van der Waals surface area contributed by atoms with E-state index in [4.69, 9.17) is 9.47 Å². The van der Waals surface area contributed by atoms with Crippen molar-refractivity contribution < 1.29 is 14.3 Å². The van der Waals surface area contributed by atoms with Crippen molar-refractivity contribution in [2.24, 2.45) is 0 Å². The molecular weight excluding hydrogens is 316 g/mol. The molecule has 5 heteroatoms. The monoisotopic (exact) mass is 334 g/mol. The topological polar surface area (TPSA) is 60.5 Å². The summed E-state index contributed by atoms with van der Waals surface area (Å²) in [5.41, 5.74) is 2.42. The van der Waals surface area contributed by atoms with Gasteiger partial charge in [-0.25, -0.2) is 0 Å². The largest absolute Gasteiger partial charge is 0.486 e. The Morgan fingerprint density at radius 3 is 2.84 bits per heavy atom. The Hall–Kier alpha value is -3.08. The predicted molar refractivity (Wildman–Crippen MR) is 95.2 cm³/mol. The molecule has 1 N–H and O–H groups in total. The van der Waals surface area contributed by atoms with Crippen molar-refractivity contribution in [2.75, 3.05) is 19.8 Å². The second kappa shape index (κ2) is 6.81. The van der Waals surface area contributed by atoms with Gasteiger partial charge in [0.15, 0.2) is 11.5 Å². The van der Waals surface area contributed by atoms with Crippen LogP contribution in [0.25, 0.3) is 10.9 Å². The number of amides is 1. The van der Waals surface area contributed by atoms with Crippen LogP contribution >= 0.6 is 0 Å². The summed E-state index contributed by atoms with van der Waals surface area (Å²) in [4.78, 5) is 17.1. The zero-order valence-corrected chi connectivity index (χ0v) is 13.7. The van der Waals surface area contributed by atoms with Crippen LogP contribution in [0.5, 0.6) is 11.5 Å². The zero-order valence-electron chi connectivity index (χ0n) is 13.7. The quantitative estimate of drug-likeness (QED) is 0.797. The first kappa shape index (κ1) is 15.4. The van der Waals surface area contributed by atoms with Gasteiger partial charge in [-0.3, -0.25) is 9.78 Å². The molecule has 1 aliphatic heterocycles. The molecule has 2 aromatic carbocycles. The second-order valence-electron chi connectivity index (χ2n) is 5.83. The third-order valence-corrected chi connectivity index (χ3v) is 4.13. The Kier molecular flexibility index (Phi) is 4.21. The number of benzene rings is 2. The van der Waals surface area contributed by atoms with Gasteiger partial charge < -0.3 is 14.8 Å². The van der Waals surface area contributed by atoms with Gasteiger partial charge in [0.1, 0.15) is 13.2 Å². The van der Waals surface area contributed by atoms with Gasteiger partial charge in [0.2, 0.25) is 0 Å². The minimum absolute atomic E-state index is 0.164. The molecule has 0 saturated carbocycles. The molecule has 0 atom stereocenters. The fourth-order valence-corrected chi connectivity index (χ4v) is 2.90. The molecule has 1 aliphatic rings. The first-order chi connectivity index (χ1) is 12.3. The Bertz CT molecular complexity index is 924. The fraction of sp³-hybridized carbons (Fsp3) is 0.200. The van der Waals surface area contributed by atoms with Crippen molar-refractivity contribution in [1.82, 2.24) is 10.3 Å². The molecule has 0 unspecified atom stereocenters. The summed E-state index contributed by atoms with van der Waals surface area (Å²) < 4.78 is 11.1. The summed E-state index contributed by atoms with van der Waals surface area (Å²) in [6.07, 6.45) is 0.670. The maximum absolute atomic E-state index is 12.5. The van der Waals surface area contributed by atoms with Gasteiger partial charge in [-0.2, -0.15) is 0 Å². The number of nitrogens with zero attached hydrogens (tertiary/aromatic N) is 1. The van der Waals surface area contributed by atoms with E-state index >= 15 is 0 Å². The lowest BCUT2D eigenvalue weighted by Crippen LogP contribution is -2.27. The van der Waals surface area contributed by atoms with Crippen molar-refractivity contribution in [1.29, 1.82) is 0 Å². The number of rotatable bonds is 4. The van der Waals surface area contributed by atoms with Gasteiger partial charge in [0.25, 0.3) is 5.91 Å². The summed E-state index contributed by atoms with van der Waals surface area (Å²) >= 11 is 0. The SMILES string of the molecule is O=C(NCCc1ccc2ccccc2n1)c1cccc2c1OCCO2. The van der Waals surface area contributed by atoms with E-state index < -0.39 is 0 Å². The zero-order chi connectivity index (χ0) is 17.1. The van der Waals surface area contributed by atoms with Gasteiger partial charge >= 0.3 is 0 Å². The van der Waals surface area contributed by atoms with Gasteiger partial charge in [-0.15, -0.1) is 0 Å². The van der Waals surface area contributed by atoms with E-state index in [9.17, 15) is 4.79 Å². The lowest BCUT2D eigenvalue weighted by molar-refractivity contribution is 0.0943. The van der Waals surface area contributed by atoms with Crippen LogP contribution in [-0.2, 0) is 6.42 Å². The van der Waals surface area contributed by atoms with Crippen LogP contribution in [0, 0.1) is 0 Å². The Morgan fingerprint density at radius 2 is 1.88 bits per heavy atom. The molecule has 0 radical (unpaired) electrons. The number of pyridine rings is 1. The van der Waals surface area contributed by atoms with E-state index in [-0.39, 0.29) is 5.91 Å². The minimum atomic E-state index is -0.164. The molecule has 126 valence electrons. The molecule has 0 fully saturated rings. The summed E-state index contributed by atoms with van der Waals surface area (Å²) in [6, 6.07) is 17.4. The van der Waals surface area contributed by atoms with E-state index in [2.05, 4.69) is 16.4 Å². The van der Waals surface area contributed by atoms with Crippen molar-refractivity contribution in [3.8, 4) is 11.5 Å². The summed E-state index contributed by atoms with van der Waals surface area (Å²) in [6.45, 7) is 1.47. The molecule has 1 aromatic heterocycles. The number of nitrogens with one attached hydrogen (secondary N) is 1. The highest BCUT2D eigenvalue weighted by molar-refractivity contribution is 5.97. The van der Waals surface area contributed by atoms with Crippen LogP contribution in [0.2, 0.25) is 0 Å². The first-order valence-electron chi connectivity index (χ1n) is 8.33. The van der Waals surface area contributed by atoms with Crippen LogP contribution in [-0.4, -0.2) is 30.6 Å². The van der Waals surface area contributed by atoms with E-state index in [0.717, 1.165) is 16.6 Å². The minimum Gasteiger partial charge on any atom is -0.486 e. The number of aromatic nitrogens is 1. The average molecular weight is 334 g/mol. The molecule has 0 spiro atoms. The Balaban J connectivity index is 1.42. The lowest BCUT2D eigenvalue weighted by atomic mass is 10.1. The van der Waals surface area contributed by atoms with E-state index in [0.29, 0.717) is 43.2 Å². The summed E-state index contributed by atoms with van der Waals surface area (Å²) in [5.74, 6) is 0.980. The van der Waals surface area contributed by atoms with Crippen molar-refractivity contribution >= 4 is 16.8 Å². The van der Waals surface area contributed by atoms with Gasteiger partial charge in [0, 0.05) is 24.0 Å². The smallest absolute Gasteiger partial charge is 0.255 e. The molecule has 25 heavy (non-hydrogen) atoms. The van der Waals surface area contributed by atoms with E-state index in [1.54, 1.807) is 12.1 Å². The van der Waals surface area contributed by atoms with Crippen LogP contribution in [0.15, 0.2) is 54.6 Å². The first-order valence-corrected chi connectivity index (χ1v) is 8.33. The van der Waals surface area contributed by atoms with Gasteiger partial charge in [-0.1, -0.05) is 30.3 Å². The summed E-state index contributed by atoms with van der Waals surface area (Å²) in [5, 5.41) is 4.05. The van der Waals surface area contributed by atoms with Crippen LogP contribution in [0.3, 0.4) is 0 Å². The maximum atomic E-state index is 12.5. The highest BCUT2D eigenvalue weighted by atomic mass is 16.6. The van der Waals surface area contributed by atoms with Crippen LogP contribution in [0.4, 0.5) is 0 Å². The highest BCUT2D eigenvalue weighted by Crippen LogP contribution is 2.33. The van der Waals surface area contributed by atoms with Crippen molar-refractivity contribution in [3.05, 3.63) is 65.9 Å².